The Morgan fingerprint density at radius 1 is 1.07 bits per heavy atom. The van der Waals surface area contributed by atoms with E-state index in [1.165, 1.54) is 35.9 Å². The van der Waals surface area contributed by atoms with Crippen molar-refractivity contribution in [3.63, 3.8) is 0 Å². The van der Waals surface area contributed by atoms with E-state index < -0.39 is 0 Å². The topological polar surface area (TPSA) is 52.5 Å². The first-order chi connectivity index (χ1) is 14.8. The molecule has 7 heteroatoms. The van der Waals surface area contributed by atoms with Crippen LogP contribution in [0, 0.1) is 5.82 Å². The van der Waals surface area contributed by atoms with Gasteiger partial charge in [0.25, 0.3) is 0 Å². The number of rotatable bonds is 6. The predicted octanol–water partition coefficient (Wildman–Crippen LogP) is 0.0901. The molecule has 0 spiro atoms. The van der Waals surface area contributed by atoms with Gasteiger partial charge in [-0.2, -0.15) is 0 Å². The Balaban J connectivity index is 1.44. The van der Waals surface area contributed by atoms with Crippen LogP contribution in [0.15, 0.2) is 54.6 Å². The third kappa shape index (κ3) is 4.00. The Hall–Kier alpha value is -2.64. The van der Waals surface area contributed by atoms with E-state index >= 15 is 0 Å². The van der Waals surface area contributed by atoms with E-state index in [1.54, 1.807) is 17.0 Å². The number of hydrogen-bond donors (Lipinski definition) is 2. The summed E-state index contributed by atoms with van der Waals surface area (Å²) in [5.41, 5.74) is 2.22. The standard InChI is InChI=1S/C23H27FN6/c24-20-9-4-8-19(16-20)22(29-15-14-28-12-5-10-21(28)17-29)23-25-26-27-30(23)13-11-18-6-2-1-3-7-18/h1-4,6-9,16,21-22H,5,10-15,17H2/p+2/t21-,22+/m1/s1. The molecule has 2 aliphatic rings. The summed E-state index contributed by atoms with van der Waals surface area (Å²) in [6.07, 6.45) is 3.46. The molecule has 4 atom stereocenters. The van der Waals surface area contributed by atoms with Gasteiger partial charge in [0, 0.05) is 24.9 Å². The summed E-state index contributed by atoms with van der Waals surface area (Å²) in [4.78, 5) is 3.19. The Morgan fingerprint density at radius 3 is 2.83 bits per heavy atom. The lowest BCUT2D eigenvalue weighted by atomic mass is 10.0. The molecule has 0 saturated carbocycles. The Bertz CT molecular complexity index is 975. The van der Waals surface area contributed by atoms with Crippen LogP contribution in [0.3, 0.4) is 0 Å². The molecule has 30 heavy (non-hydrogen) atoms. The number of aryl methyl sites for hydroxylation is 2. The first kappa shape index (κ1) is 19.3. The van der Waals surface area contributed by atoms with Crippen LogP contribution in [0.4, 0.5) is 4.39 Å². The fourth-order valence-electron chi connectivity index (χ4n) is 5.27. The van der Waals surface area contributed by atoms with Crippen LogP contribution in [-0.4, -0.2) is 52.4 Å². The van der Waals surface area contributed by atoms with Gasteiger partial charge in [-0.05, 0) is 34.5 Å². The number of tetrazole rings is 1. The van der Waals surface area contributed by atoms with Crippen molar-refractivity contribution in [2.45, 2.75) is 37.9 Å². The quantitative estimate of drug-likeness (QED) is 0.608. The first-order valence-corrected chi connectivity index (χ1v) is 11.0. The van der Waals surface area contributed by atoms with Crippen LogP contribution >= 0.6 is 0 Å². The van der Waals surface area contributed by atoms with Gasteiger partial charge in [0.15, 0.2) is 6.04 Å². The van der Waals surface area contributed by atoms with Crippen LogP contribution in [0.1, 0.15) is 35.8 Å². The maximum absolute atomic E-state index is 14.1. The summed E-state index contributed by atoms with van der Waals surface area (Å²) in [7, 11) is 0. The van der Waals surface area contributed by atoms with Crippen LogP contribution < -0.4 is 9.80 Å². The van der Waals surface area contributed by atoms with Gasteiger partial charge in [0.05, 0.1) is 6.54 Å². The van der Waals surface area contributed by atoms with E-state index in [-0.39, 0.29) is 11.9 Å². The Labute approximate surface area is 176 Å². The zero-order chi connectivity index (χ0) is 20.3. The molecule has 0 bridgehead atoms. The minimum Gasteiger partial charge on any atom is -0.323 e. The fourth-order valence-corrected chi connectivity index (χ4v) is 5.27. The number of nitrogens with one attached hydrogen (secondary N) is 2. The van der Waals surface area contributed by atoms with Crippen molar-refractivity contribution in [3.8, 4) is 0 Å². The average Bonchev–Trinajstić information content (AvgIpc) is 3.42. The monoisotopic (exact) mass is 408 g/mol. The minimum atomic E-state index is -0.203. The van der Waals surface area contributed by atoms with E-state index in [0.29, 0.717) is 12.6 Å². The minimum absolute atomic E-state index is 0.0476. The molecule has 2 fully saturated rings. The molecule has 0 aliphatic carbocycles. The van der Waals surface area contributed by atoms with E-state index in [4.69, 9.17) is 0 Å². The number of quaternary nitrogens is 2. The lowest BCUT2D eigenvalue weighted by Gasteiger charge is -2.36. The third-order valence-corrected chi connectivity index (χ3v) is 6.77. The smallest absolute Gasteiger partial charge is 0.214 e. The molecule has 6 nitrogen and oxygen atoms in total. The summed E-state index contributed by atoms with van der Waals surface area (Å²) in [5, 5.41) is 12.8. The van der Waals surface area contributed by atoms with E-state index in [9.17, 15) is 4.39 Å². The lowest BCUT2D eigenvalue weighted by Crippen LogP contribution is -3.29. The number of hydrogen-bond acceptors (Lipinski definition) is 3. The summed E-state index contributed by atoms with van der Waals surface area (Å²) in [5.74, 6) is 0.637. The van der Waals surface area contributed by atoms with Crippen molar-refractivity contribution in [2.75, 3.05) is 26.2 Å². The molecule has 0 radical (unpaired) electrons. The number of halogens is 1. The molecule has 156 valence electrons. The Kier molecular flexibility index (Phi) is 5.55. The normalized spacial score (nSPS) is 24.5. The largest absolute Gasteiger partial charge is 0.323 e. The van der Waals surface area contributed by atoms with E-state index in [1.807, 2.05) is 16.8 Å². The second-order valence-electron chi connectivity index (χ2n) is 8.59. The van der Waals surface area contributed by atoms with Gasteiger partial charge in [-0.3, -0.25) is 0 Å². The predicted molar refractivity (Wildman–Crippen MR) is 111 cm³/mol. The molecule has 2 saturated heterocycles. The van der Waals surface area contributed by atoms with Gasteiger partial charge in [-0.1, -0.05) is 42.5 Å². The molecule has 5 rings (SSSR count). The van der Waals surface area contributed by atoms with Gasteiger partial charge >= 0.3 is 0 Å². The molecule has 2 aliphatic heterocycles. The van der Waals surface area contributed by atoms with Crippen molar-refractivity contribution < 1.29 is 14.2 Å². The van der Waals surface area contributed by atoms with Crippen molar-refractivity contribution in [3.05, 3.63) is 77.4 Å². The third-order valence-electron chi connectivity index (χ3n) is 6.77. The van der Waals surface area contributed by atoms with Gasteiger partial charge in [-0.15, -0.1) is 5.10 Å². The summed E-state index contributed by atoms with van der Waals surface area (Å²) in [6, 6.07) is 18.0. The zero-order valence-electron chi connectivity index (χ0n) is 17.2. The zero-order valence-corrected chi connectivity index (χ0v) is 17.2. The summed E-state index contributed by atoms with van der Waals surface area (Å²) in [6.45, 7) is 5.31. The van der Waals surface area contributed by atoms with Crippen LogP contribution in [0.25, 0.3) is 0 Å². The second kappa shape index (κ2) is 8.62. The van der Waals surface area contributed by atoms with Gasteiger partial charge in [0.2, 0.25) is 5.82 Å². The molecule has 3 heterocycles. The highest BCUT2D eigenvalue weighted by molar-refractivity contribution is 5.23. The highest BCUT2D eigenvalue weighted by Crippen LogP contribution is 2.19. The maximum Gasteiger partial charge on any atom is 0.214 e. The van der Waals surface area contributed by atoms with Crippen molar-refractivity contribution >= 4 is 0 Å². The molecular formula is C23H29FN6+2. The number of benzene rings is 2. The number of fused-ring (bicyclic) bond motifs is 1. The van der Waals surface area contributed by atoms with Crippen LogP contribution in [0.5, 0.6) is 0 Å². The molecule has 2 unspecified atom stereocenters. The van der Waals surface area contributed by atoms with E-state index in [0.717, 1.165) is 37.4 Å². The lowest BCUT2D eigenvalue weighted by molar-refractivity contribution is -1.03. The number of nitrogens with zero attached hydrogens (tertiary/aromatic N) is 4. The second-order valence-corrected chi connectivity index (χ2v) is 8.59. The fraction of sp³-hybridized carbons (Fsp3) is 0.435. The van der Waals surface area contributed by atoms with Gasteiger partial charge < -0.3 is 9.80 Å². The molecule has 2 aromatic carbocycles. The molecule has 0 amide bonds. The average molecular weight is 409 g/mol. The van der Waals surface area contributed by atoms with E-state index in [2.05, 4.69) is 39.8 Å². The highest BCUT2D eigenvalue weighted by Gasteiger charge is 2.42. The van der Waals surface area contributed by atoms with Crippen molar-refractivity contribution in [1.29, 1.82) is 0 Å². The van der Waals surface area contributed by atoms with Crippen LogP contribution in [-0.2, 0) is 13.0 Å². The number of aromatic nitrogens is 4. The Morgan fingerprint density at radius 2 is 1.97 bits per heavy atom. The SMILES string of the molecule is Fc1cccc([C@@H](c2nnnn2CCc2ccccc2)[NH+]2CC[NH+]3CCC[C@@H]3C2)c1. The highest BCUT2D eigenvalue weighted by atomic mass is 19.1. The van der Waals surface area contributed by atoms with Gasteiger partial charge in [-0.25, -0.2) is 9.07 Å². The summed E-state index contributed by atoms with van der Waals surface area (Å²) >= 11 is 0. The molecular weight excluding hydrogens is 379 g/mol. The molecule has 1 aromatic heterocycles. The van der Waals surface area contributed by atoms with Gasteiger partial charge in [0.1, 0.15) is 31.5 Å². The van der Waals surface area contributed by atoms with Crippen molar-refractivity contribution in [2.24, 2.45) is 0 Å². The first-order valence-electron chi connectivity index (χ1n) is 11.0. The molecule has 3 aromatic rings. The van der Waals surface area contributed by atoms with Crippen molar-refractivity contribution in [1.82, 2.24) is 20.2 Å². The van der Waals surface area contributed by atoms with Crippen LogP contribution in [0.2, 0.25) is 0 Å². The maximum atomic E-state index is 14.1. The summed E-state index contributed by atoms with van der Waals surface area (Å²) < 4.78 is 16.1. The molecule has 2 N–H and O–H groups in total. The number of piperazine rings is 1.